The molecule has 0 aliphatic rings. The third kappa shape index (κ3) is 4.42. The van der Waals surface area contributed by atoms with Crippen LogP contribution in [0.3, 0.4) is 0 Å². The summed E-state index contributed by atoms with van der Waals surface area (Å²) in [6.45, 7) is 0. The molecule has 2 N–H and O–H groups in total. The lowest BCUT2D eigenvalue weighted by atomic mass is 10.2. The lowest BCUT2D eigenvalue weighted by molar-refractivity contribution is -0.274. The van der Waals surface area contributed by atoms with Crippen LogP contribution in [0.5, 0.6) is 5.75 Å². The van der Waals surface area contributed by atoms with Crippen molar-refractivity contribution in [1.29, 1.82) is 0 Å². The summed E-state index contributed by atoms with van der Waals surface area (Å²) in [5.41, 5.74) is 4.44. The maximum Gasteiger partial charge on any atom is 0.573 e. The first kappa shape index (κ1) is 12.8. The molecule has 0 fully saturated rings. The van der Waals surface area contributed by atoms with Gasteiger partial charge in [-0.2, -0.15) is 0 Å². The second kappa shape index (κ2) is 4.74. The molecule has 0 saturated heterocycles. The predicted octanol–water partition coefficient (Wildman–Crippen LogP) is 1.56. The highest BCUT2D eigenvalue weighted by atomic mass is 19.4. The van der Waals surface area contributed by atoms with Crippen molar-refractivity contribution >= 4 is 5.91 Å². The summed E-state index contributed by atoms with van der Waals surface area (Å²) in [4.78, 5) is 10.3. The maximum atomic E-state index is 13.2. The Morgan fingerprint density at radius 2 is 2.00 bits per heavy atom. The second-order valence-corrected chi connectivity index (χ2v) is 2.80. The highest BCUT2D eigenvalue weighted by Crippen LogP contribution is 2.24. The van der Waals surface area contributed by atoms with E-state index in [-0.39, 0.29) is 5.56 Å². The molecule has 0 aliphatic carbocycles. The number of halogens is 4. The first-order valence-electron chi connectivity index (χ1n) is 4.15. The van der Waals surface area contributed by atoms with Crippen LogP contribution < -0.4 is 10.5 Å². The number of amides is 1. The summed E-state index contributed by atoms with van der Waals surface area (Å²) in [5, 5.41) is 0. The van der Waals surface area contributed by atoms with Gasteiger partial charge in [-0.3, -0.25) is 4.79 Å². The molecule has 0 spiro atoms. The van der Waals surface area contributed by atoms with E-state index in [9.17, 15) is 22.4 Å². The molecule has 0 unspecified atom stereocenters. The predicted molar refractivity (Wildman–Crippen MR) is 49.2 cm³/mol. The van der Waals surface area contributed by atoms with E-state index in [2.05, 4.69) is 10.7 Å². The largest absolute Gasteiger partial charge is 0.573 e. The van der Waals surface area contributed by atoms with Crippen LogP contribution in [0.15, 0.2) is 18.2 Å². The van der Waals surface area contributed by atoms with Crippen LogP contribution >= 0.6 is 0 Å². The molecule has 0 saturated carbocycles. The van der Waals surface area contributed by atoms with Crippen LogP contribution in [0, 0.1) is 17.7 Å². The Kier molecular flexibility index (Phi) is 3.58. The van der Waals surface area contributed by atoms with Gasteiger partial charge in [-0.15, -0.1) is 13.2 Å². The SMILES string of the molecule is NC(=O)C#Cc1ccc(OC(F)(F)F)cc1F. The Bertz CT molecular complexity index is 499. The summed E-state index contributed by atoms with van der Waals surface area (Å²) < 4.78 is 52.0. The molecular weight excluding hydrogens is 242 g/mol. The lowest BCUT2D eigenvalue weighted by Gasteiger charge is -2.08. The summed E-state index contributed by atoms with van der Waals surface area (Å²) >= 11 is 0. The summed E-state index contributed by atoms with van der Waals surface area (Å²) in [6, 6.07) is 2.34. The zero-order valence-corrected chi connectivity index (χ0v) is 8.14. The Hall–Kier alpha value is -2.23. The van der Waals surface area contributed by atoms with Crippen molar-refractivity contribution in [2.75, 3.05) is 0 Å². The molecule has 0 aromatic heterocycles. The fraction of sp³-hybridized carbons (Fsp3) is 0.100. The molecule has 0 heterocycles. The number of hydrogen-bond acceptors (Lipinski definition) is 2. The van der Waals surface area contributed by atoms with Gasteiger partial charge in [-0.25, -0.2) is 4.39 Å². The topological polar surface area (TPSA) is 52.3 Å². The molecule has 17 heavy (non-hydrogen) atoms. The average molecular weight is 247 g/mol. The first-order chi connectivity index (χ1) is 7.78. The number of carbonyl (C=O) groups excluding carboxylic acids is 1. The molecule has 0 aliphatic heterocycles. The van der Waals surface area contributed by atoms with Gasteiger partial charge in [-0.05, 0) is 12.1 Å². The van der Waals surface area contributed by atoms with E-state index in [0.717, 1.165) is 12.1 Å². The van der Waals surface area contributed by atoms with Crippen molar-refractivity contribution in [1.82, 2.24) is 0 Å². The quantitative estimate of drug-likeness (QED) is 0.604. The molecule has 0 radical (unpaired) electrons. The standard InChI is InChI=1S/C10H5F4NO2/c11-8-5-7(17-10(12,13)14)3-1-6(8)2-4-9(15)16/h1,3,5H,(H2,15,16). The Morgan fingerprint density at radius 1 is 1.35 bits per heavy atom. The van der Waals surface area contributed by atoms with Gasteiger partial charge in [-0.1, -0.05) is 5.92 Å². The zero-order chi connectivity index (χ0) is 13.1. The third-order valence-electron chi connectivity index (χ3n) is 1.49. The maximum absolute atomic E-state index is 13.2. The number of ether oxygens (including phenoxy) is 1. The minimum absolute atomic E-state index is 0.252. The van der Waals surface area contributed by atoms with Crippen molar-refractivity contribution < 1.29 is 27.1 Å². The Balaban J connectivity index is 2.96. The molecule has 1 amide bonds. The molecular formula is C10H5F4NO2. The van der Waals surface area contributed by atoms with Crippen LogP contribution in [0.25, 0.3) is 0 Å². The van der Waals surface area contributed by atoms with Crippen molar-refractivity contribution in [3.05, 3.63) is 29.6 Å². The van der Waals surface area contributed by atoms with Gasteiger partial charge in [0.2, 0.25) is 0 Å². The number of benzene rings is 1. The summed E-state index contributed by atoms with van der Waals surface area (Å²) in [7, 11) is 0. The zero-order valence-electron chi connectivity index (χ0n) is 8.14. The molecule has 0 atom stereocenters. The van der Waals surface area contributed by atoms with Crippen LogP contribution in [0.4, 0.5) is 17.6 Å². The van der Waals surface area contributed by atoms with Crippen LogP contribution in [0.1, 0.15) is 5.56 Å². The molecule has 7 heteroatoms. The van der Waals surface area contributed by atoms with Gasteiger partial charge >= 0.3 is 6.36 Å². The van der Waals surface area contributed by atoms with Crippen LogP contribution in [-0.4, -0.2) is 12.3 Å². The molecule has 90 valence electrons. The number of primary amides is 1. The summed E-state index contributed by atoms with van der Waals surface area (Å²) in [5.74, 6) is 1.20. The first-order valence-corrected chi connectivity index (χ1v) is 4.15. The van der Waals surface area contributed by atoms with E-state index in [1.165, 1.54) is 0 Å². The highest BCUT2D eigenvalue weighted by molar-refractivity contribution is 5.92. The smallest absolute Gasteiger partial charge is 0.406 e. The van der Waals surface area contributed by atoms with Crippen molar-refractivity contribution in [3.8, 4) is 17.6 Å². The molecule has 1 rings (SSSR count). The van der Waals surface area contributed by atoms with Gasteiger partial charge < -0.3 is 10.5 Å². The van der Waals surface area contributed by atoms with Crippen molar-refractivity contribution in [3.63, 3.8) is 0 Å². The average Bonchev–Trinajstić information content (AvgIpc) is 2.13. The molecule has 3 nitrogen and oxygen atoms in total. The molecule has 1 aromatic rings. The molecule has 0 bridgehead atoms. The van der Waals surface area contributed by atoms with Gasteiger partial charge in [0.25, 0.3) is 5.91 Å². The number of alkyl halides is 3. The number of carbonyl (C=O) groups is 1. The van der Waals surface area contributed by atoms with E-state index in [4.69, 9.17) is 5.73 Å². The number of hydrogen-bond donors (Lipinski definition) is 1. The van der Waals surface area contributed by atoms with E-state index >= 15 is 0 Å². The lowest BCUT2D eigenvalue weighted by Crippen LogP contribution is -2.17. The normalized spacial score (nSPS) is 10.4. The van der Waals surface area contributed by atoms with Crippen LogP contribution in [-0.2, 0) is 4.79 Å². The molecule has 1 aromatic carbocycles. The van der Waals surface area contributed by atoms with E-state index in [1.807, 2.05) is 5.92 Å². The second-order valence-electron chi connectivity index (χ2n) is 2.80. The van der Waals surface area contributed by atoms with Crippen molar-refractivity contribution in [2.45, 2.75) is 6.36 Å². The van der Waals surface area contributed by atoms with Gasteiger partial charge in [0.05, 0.1) is 5.56 Å². The number of nitrogens with two attached hydrogens (primary N) is 1. The van der Waals surface area contributed by atoms with Crippen molar-refractivity contribution in [2.24, 2.45) is 5.73 Å². The Labute approximate surface area is 93.2 Å². The van der Waals surface area contributed by atoms with Gasteiger partial charge in [0, 0.05) is 12.0 Å². The highest BCUT2D eigenvalue weighted by Gasteiger charge is 2.31. The van der Waals surface area contributed by atoms with E-state index in [1.54, 1.807) is 0 Å². The van der Waals surface area contributed by atoms with E-state index in [0.29, 0.717) is 6.07 Å². The number of rotatable bonds is 1. The third-order valence-corrected chi connectivity index (χ3v) is 1.49. The monoisotopic (exact) mass is 247 g/mol. The minimum Gasteiger partial charge on any atom is -0.406 e. The van der Waals surface area contributed by atoms with Gasteiger partial charge in [0.1, 0.15) is 11.6 Å². The van der Waals surface area contributed by atoms with Crippen LogP contribution in [0.2, 0.25) is 0 Å². The van der Waals surface area contributed by atoms with E-state index < -0.39 is 23.8 Å². The van der Waals surface area contributed by atoms with Gasteiger partial charge in [0.15, 0.2) is 0 Å². The minimum atomic E-state index is -4.90. The fourth-order valence-corrected chi connectivity index (χ4v) is 0.923. The summed E-state index contributed by atoms with van der Waals surface area (Å²) in [6.07, 6.45) is -4.90. The fourth-order valence-electron chi connectivity index (χ4n) is 0.923. The Morgan fingerprint density at radius 3 is 2.47 bits per heavy atom.